The second kappa shape index (κ2) is 7.43. The van der Waals surface area contributed by atoms with Crippen LogP contribution in [0.5, 0.6) is 0 Å². The Labute approximate surface area is 183 Å². The lowest BCUT2D eigenvalue weighted by Crippen LogP contribution is -2.16. The standard InChI is InChI=1S/C22H17N7O2S/c23-21-6-10-29(28-21)32(30,31)20-12-16(13-27-22(20)24)15-1-2-19-18(11-15)17(5-9-26-19)14-3-7-25-8-4-14/h1-13H,(H2,23,28)(H2,24,27). The van der Waals surface area contributed by atoms with Crippen LogP contribution in [0.15, 0.2) is 84.4 Å². The maximum absolute atomic E-state index is 13.0. The summed E-state index contributed by atoms with van der Waals surface area (Å²) in [7, 11) is -4.05. The average Bonchev–Trinajstić information content (AvgIpc) is 3.26. The number of hydrogen-bond acceptors (Lipinski definition) is 8. The number of aromatic nitrogens is 5. The van der Waals surface area contributed by atoms with Gasteiger partial charge in [0.1, 0.15) is 16.5 Å². The van der Waals surface area contributed by atoms with E-state index >= 15 is 0 Å². The molecule has 0 aliphatic carbocycles. The van der Waals surface area contributed by atoms with Crippen LogP contribution in [0.1, 0.15) is 0 Å². The van der Waals surface area contributed by atoms with E-state index in [1.807, 2.05) is 36.4 Å². The normalized spacial score (nSPS) is 11.6. The van der Waals surface area contributed by atoms with Crippen LogP contribution in [0.3, 0.4) is 0 Å². The van der Waals surface area contributed by atoms with Crippen LogP contribution in [0, 0.1) is 0 Å². The van der Waals surface area contributed by atoms with Crippen molar-refractivity contribution in [2.24, 2.45) is 0 Å². The van der Waals surface area contributed by atoms with Crippen molar-refractivity contribution in [3.8, 4) is 22.3 Å². The maximum atomic E-state index is 13.0. The summed E-state index contributed by atoms with van der Waals surface area (Å²) in [5.41, 5.74) is 15.6. The highest BCUT2D eigenvalue weighted by Gasteiger charge is 2.23. The van der Waals surface area contributed by atoms with Gasteiger partial charge < -0.3 is 11.5 Å². The summed E-state index contributed by atoms with van der Waals surface area (Å²) in [5, 5.41) is 4.71. The molecule has 0 spiro atoms. The van der Waals surface area contributed by atoms with Crippen LogP contribution < -0.4 is 11.5 Å². The minimum absolute atomic E-state index is 0.0851. The van der Waals surface area contributed by atoms with Crippen LogP contribution in [0.4, 0.5) is 11.6 Å². The SMILES string of the molecule is Nc1ccn(S(=O)(=O)c2cc(-c3ccc4nccc(-c5ccncc5)c4c3)cnc2N)n1. The molecule has 0 atom stereocenters. The largest absolute Gasteiger partial charge is 0.383 e. The number of nitrogen functional groups attached to an aromatic ring is 2. The van der Waals surface area contributed by atoms with Gasteiger partial charge in [-0.15, -0.1) is 5.10 Å². The minimum Gasteiger partial charge on any atom is -0.383 e. The molecule has 4 aromatic heterocycles. The van der Waals surface area contributed by atoms with Crippen molar-refractivity contribution in [2.45, 2.75) is 4.90 Å². The Morgan fingerprint density at radius 1 is 0.812 bits per heavy atom. The second-order valence-electron chi connectivity index (χ2n) is 7.05. The van der Waals surface area contributed by atoms with Gasteiger partial charge >= 0.3 is 0 Å². The highest BCUT2D eigenvalue weighted by Crippen LogP contribution is 2.32. The van der Waals surface area contributed by atoms with E-state index in [2.05, 4.69) is 20.1 Å². The van der Waals surface area contributed by atoms with E-state index in [4.69, 9.17) is 11.5 Å². The van der Waals surface area contributed by atoms with Crippen molar-refractivity contribution in [3.05, 3.63) is 79.5 Å². The first kappa shape index (κ1) is 19.6. The van der Waals surface area contributed by atoms with Gasteiger partial charge in [-0.2, -0.15) is 12.5 Å². The van der Waals surface area contributed by atoms with Gasteiger partial charge in [-0.25, -0.2) is 4.98 Å². The first-order valence-electron chi connectivity index (χ1n) is 9.55. The highest BCUT2D eigenvalue weighted by molar-refractivity contribution is 7.90. The van der Waals surface area contributed by atoms with E-state index in [0.29, 0.717) is 5.56 Å². The fraction of sp³-hybridized carbons (Fsp3) is 0. The molecule has 10 heteroatoms. The van der Waals surface area contributed by atoms with Crippen LogP contribution >= 0.6 is 0 Å². The van der Waals surface area contributed by atoms with E-state index in [-0.39, 0.29) is 16.5 Å². The topological polar surface area (TPSA) is 143 Å². The van der Waals surface area contributed by atoms with Gasteiger partial charge in [0.25, 0.3) is 10.0 Å². The maximum Gasteiger partial charge on any atom is 0.286 e. The smallest absolute Gasteiger partial charge is 0.286 e. The van der Waals surface area contributed by atoms with Gasteiger partial charge in [0, 0.05) is 48.0 Å². The Kier molecular flexibility index (Phi) is 4.56. The molecule has 1 aromatic carbocycles. The van der Waals surface area contributed by atoms with Gasteiger partial charge in [0.2, 0.25) is 0 Å². The summed E-state index contributed by atoms with van der Waals surface area (Å²) in [6.07, 6.45) is 8.01. The van der Waals surface area contributed by atoms with E-state index in [1.54, 1.807) is 18.6 Å². The first-order valence-corrected chi connectivity index (χ1v) is 11.0. The fourth-order valence-corrected chi connectivity index (χ4v) is 4.70. The predicted molar refractivity (Wildman–Crippen MR) is 122 cm³/mol. The van der Waals surface area contributed by atoms with Gasteiger partial charge in [0.05, 0.1) is 5.52 Å². The molecule has 0 saturated heterocycles. The van der Waals surface area contributed by atoms with Crippen LogP contribution in [-0.4, -0.2) is 32.6 Å². The lowest BCUT2D eigenvalue weighted by molar-refractivity contribution is 0.580. The van der Waals surface area contributed by atoms with Gasteiger partial charge in [0.15, 0.2) is 0 Å². The molecule has 32 heavy (non-hydrogen) atoms. The number of fused-ring (bicyclic) bond motifs is 1. The molecular weight excluding hydrogens is 426 g/mol. The van der Waals surface area contributed by atoms with E-state index in [1.165, 1.54) is 24.5 Å². The summed E-state index contributed by atoms with van der Waals surface area (Å²) >= 11 is 0. The summed E-state index contributed by atoms with van der Waals surface area (Å²) in [4.78, 5) is 12.5. The summed E-state index contributed by atoms with van der Waals surface area (Å²) in [6.45, 7) is 0. The van der Waals surface area contributed by atoms with E-state index < -0.39 is 10.0 Å². The predicted octanol–water partition coefficient (Wildman–Crippen LogP) is 2.96. The lowest BCUT2D eigenvalue weighted by Gasteiger charge is -2.11. The quantitative estimate of drug-likeness (QED) is 0.432. The summed E-state index contributed by atoms with van der Waals surface area (Å²) in [5.74, 6) is -0.0373. The van der Waals surface area contributed by atoms with Crippen molar-refractivity contribution in [3.63, 3.8) is 0 Å². The second-order valence-corrected chi connectivity index (χ2v) is 8.82. The van der Waals surface area contributed by atoms with Gasteiger partial charge in [-0.1, -0.05) is 6.07 Å². The molecule has 5 rings (SSSR count). The van der Waals surface area contributed by atoms with Crippen LogP contribution in [0.2, 0.25) is 0 Å². The molecule has 0 bridgehead atoms. The molecule has 0 unspecified atom stereocenters. The van der Waals surface area contributed by atoms with Gasteiger partial charge in [-0.05, 0) is 53.1 Å². The molecular formula is C22H17N7O2S. The first-order chi connectivity index (χ1) is 15.4. The number of nitrogens with zero attached hydrogens (tertiary/aromatic N) is 5. The van der Waals surface area contributed by atoms with Gasteiger partial charge in [-0.3, -0.25) is 9.97 Å². The molecule has 158 valence electrons. The zero-order valence-corrected chi connectivity index (χ0v) is 17.4. The third kappa shape index (κ3) is 3.32. The zero-order chi connectivity index (χ0) is 22.3. The molecule has 9 nitrogen and oxygen atoms in total. The zero-order valence-electron chi connectivity index (χ0n) is 16.6. The molecule has 4 heterocycles. The van der Waals surface area contributed by atoms with E-state index in [0.717, 1.165) is 31.7 Å². The Balaban J connectivity index is 1.66. The number of anilines is 2. The fourth-order valence-electron chi connectivity index (χ4n) is 3.48. The molecule has 0 aliphatic rings. The number of benzene rings is 1. The highest BCUT2D eigenvalue weighted by atomic mass is 32.2. The number of rotatable bonds is 4. The third-order valence-electron chi connectivity index (χ3n) is 5.06. The molecule has 0 fully saturated rings. The van der Waals surface area contributed by atoms with Crippen LogP contribution in [-0.2, 0) is 10.0 Å². The molecule has 0 amide bonds. The van der Waals surface area contributed by atoms with Crippen LogP contribution in [0.25, 0.3) is 33.2 Å². The average molecular weight is 443 g/mol. The third-order valence-corrected chi connectivity index (χ3v) is 6.64. The van der Waals surface area contributed by atoms with Crippen molar-refractivity contribution >= 4 is 32.6 Å². The van der Waals surface area contributed by atoms with E-state index in [9.17, 15) is 8.42 Å². The summed E-state index contributed by atoms with van der Waals surface area (Å²) in [6, 6.07) is 14.4. The number of pyridine rings is 3. The Morgan fingerprint density at radius 2 is 1.62 bits per heavy atom. The monoisotopic (exact) mass is 443 g/mol. The minimum atomic E-state index is -4.05. The molecule has 4 N–H and O–H groups in total. The number of nitrogens with two attached hydrogens (primary N) is 2. The van der Waals surface area contributed by atoms with Crippen molar-refractivity contribution in [2.75, 3.05) is 11.5 Å². The van der Waals surface area contributed by atoms with Crippen molar-refractivity contribution in [1.82, 2.24) is 24.1 Å². The lowest BCUT2D eigenvalue weighted by atomic mass is 9.98. The molecule has 0 aliphatic heterocycles. The Morgan fingerprint density at radius 3 is 2.38 bits per heavy atom. The number of hydrogen-bond donors (Lipinski definition) is 2. The molecule has 5 aromatic rings. The summed E-state index contributed by atoms with van der Waals surface area (Å²) < 4.78 is 26.8. The Hall–Kier alpha value is -4.31. The van der Waals surface area contributed by atoms with Crippen molar-refractivity contribution < 1.29 is 8.42 Å². The Bertz CT molecular complexity index is 1560. The molecule has 0 saturated carbocycles. The molecule has 0 radical (unpaired) electrons. The van der Waals surface area contributed by atoms with Crippen molar-refractivity contribution in [1.29, 1.82) is 0 Å².